The molecule has 1 aromatic carbocycles. The Balaban J connectivity index is 2.03. The Morgan fingerprint density at radius 1 is 1.24 bits per heavy atom. The maximum Gasteiger partial charge on any atom is 0.416 e. The van der Waals surface area contributed by atoms with Crippen LogP contribution in [0, 0.1) is 0 Å². The van der Waals surface area contributed by atoms with Gasteiger partial charge in [0.25, 0.3) is 0 Å². The second-order valence-corrected chi connectivity index (χ2v) is 7.97. The first-order chi connectivity index (χ1) is 13.8. The summed E-state index contributed by atoms with van der Waals surface area (Å²) >= 11 is 1.26. The van der Waals surface area contributed by atoms with Crippen LogP contribution in [0.5, 0.6) is 0 Å². The molecule has 5 nitrogen and oxygen atoms in total. The molecule has 1 fully saturated rings. The van der Waals surface area contributed by atoms with E-state index in [-0.39, 0.29) is 18.0 Å². The summed E-state index contributed by atoms with van der Waals surface area (Å²) in [5.74, 6) is -0.668. The van der Waals surface area contributed by atoms with Crippen molar-refractivity contribution in [2.24, 2.45) is 4.99 Å². The van der Waals surface area contributed by atoms with Crippen LogP contribution in [-0.4, -0.2) is 40.2 Å². The number of rotatable bonds is 9. The second-order valence-electron chi connectivity index (χ2n) is 6.80. The van der Waals surface area contributed by atoms with Gasteiger partial charge in [0.15, 0.2) is 5.17 Å². The van der Waals surface area contributed by atoms with E-state index in [1.54, 1.807) is 4.90 Å². The predicted octanol–water partition coefficient (Wildman–Crippen LogP) is 4.93. The Bertz CT molecular complexity index is 753. The van der Waals surface area contributed by atoms with Crippen LogP contribution in [0.3, 0.4) is 0 Å². The van der Waals surface area contributed by atoms with Crippen LogP contribution >= 0.6 is 11.8 Å². The lowest BCUT2D eigenvalue weighted by Crippen LogP contribution is -2.34. The number of alkyl halides is 3. The lowest BCUT2D eigenvalue weighted by Gasteiger charge is -2.16. The summed E-state index contributed by atoms with van der Waals surface area (Å²) < 4.78 is 38.5. The Kier molecular flexibility index (Phi) is 8.55. The molecular weight excluding hydrogens is 403 g/mol. The van der Waals surface area contributed by atoms with Crippen molar-refractivity contribution in [1.29, 1.82) is 0 Å². The summed E-state index contributed by atoms with van der Waals surface area (Å²) in [6, 6.07) is 4.45. The van der Waals surface area contributed by atoms with Crippen LogP contribution in [0.15, 0.2) is 29.3 Å². The third-order valence-corrected chi connectivity index (χ3v) is 5.57. The first kappa shape index (κ1) is 23.3. The van der Waals surface area contributed by atoms with Gasteiger partial charge in [-0.25, -0.2) is 0 Å². The molecule has 0 spiro atoms. The first-order valence-electron chi connectivity index (χ1n) is 9.75. The molecule has 1 aromatic rings. The molecule has 0 radical (unpaired) electrons. The normalized spacial score (nSPS) is 18.5. The van der Waals surface area contributed by atoms with E-state index >= 15 is 0 Å². The van der Waals surface area contributed by atoms with Gasteiger partial charge in [0.05, 0.1) is 5.56 Å². The fraction of sp³-hybridized carbons (Fsp3) is 0.550. The Morgan fingerprint density at radius 3 is 2.62 bits per heavy atom. The van der Waals surface area contributed by atoms with Crippen LogP contribution in [0.1, 0.15) is 51.5 Å². The zero-order valence-electron chi connectivity index (χ0n) is 16.6. The lowest BCUT2D eigenvalue weighted by atomic mass is 10.2. The van der Waals surface area contributed by atoms with Crippen molar-refractivity contribution in [3.8, 4) is 0 Å². The third kappa shape index (κ3) is 6.76. The van der Waals surface area contributed by atoms with Gasteiger partial charge in [-0.15, -0.1) is 0 Å². The number of hydrogen-bond donors (Lipinski definition) is 1. The van der Waals surface area contributed by atoms with Crippen LogP contribution in [0.25, 0.3) is 0 Å². The van der Waals surface area contributed by atoms with E-state index in [4.69, 9.17) is 0 Å². The molecule has 1 saturated heterocycles. The van der Waals surface area contributed by atoms with Crippen molar-refractivity contribution in [3.05, 3.63) is 29.8 Å². The number of anilines is 1. The monoisotopic (exact) mass is 429 g/mol. The minimum absolute atomic E-state index is 0.0555. The highest BCUT2D eigenvalue weighted by Crippen LogP contribution is 2.32. The standard InChI is InChI=1S/C20H26F3N3O2S/c1-3-5-10-24-19-26(11-6-4-2)18(28)16(29-19)13-17(27)25-15-9-7-8-14(12-15)20(21,22)23/h7-9,12,16H,3-6,10-11,13H2,1-2H3,(H,25,27). The molecule has 0 aliphatic carbocycles. The summed E-state index contributed by atoms with van der Waals surface area (Å²) in [4.78, 5) is 31.2. The Labute approximate surface area is 173 Å². The van der Waals surface area contributed by atoms with E-state index in [1.165, 1.54) is 23.9 Å². The van der Waals surface area contributed by atoms with Crippen LogP contribution < -0.4 is 5.32 Å². The zero-order valence-corrected chi connectivity index (χ0v) is 17.4. The number of hydrogen-bond acceptors (Lipinski definition) is 4. The number of amidine groups is 1. The molecule has 0 bridgehead atoms. The number of nitrogens with zero attached hydrogens (tertiary/aromatic N) is 2. The van der Waals surface area contributed by atoms with E-state index in [9.17, 15) is 22.8 Å². The summed E-state index contributed by atoms with van der Waals surface area (Å²) in [5.41, 5.74) is -0.780. The highest BCUT2D eigenvalue weighted by Gasteiger charge is 2.38. The second kappa shape index (κ2) is 10.7. The number of nitrogens with one attached hydrogen (secondary N) is 1. The van der Waals surface area contributed by atoms with Gasteiger partial charge < -0.3 is 5.32 Å². The third-order valence-electron chi connectivity index (χ3n) is 4.36. The minimum Gasteiger partial charge on any atom is -0.326 e. The number of thioether (sulfide) groups is 1. The molecule has 0 aromatic heterocycles. The average molecular weight is 430 g/mol. The van der Waals surface area contributed by atoms with E-state index < -0.39 is 22.9 Å². The molecule has 160 valence electrons. The number of amides is 2. The largest absolute Gasteiger partial charge is 0.416 e. The summed E-state index contributed by atoms with van der Waals surface area (Å²) in [6.45, 7) is 5.27. The fourth-order valence-corrected chi connectivity index (χ4v) is 3.96. The van der Waals surface area contributed by atoms with E-state index in [1.807, 2.05) is 6.92 Å². The van der Waals surface area contributed by atoms with Gasteiger partial charge in [-0.2, -0.15) is 13.2 Å². The van der Waals surface area contributed by atoms with Crippen molar-refractivity contribution in [2.45, 2.75) is 57.4 Å². The van der Waals surface area contributed by atoms with Crippen molar-refractivity contribution >= 4 is 34.4 Å². The molecule has 1 heterocycles. The Hall–Kier alpha value is -2.03. The van der Waals surface area contributed by atoms with Gasteiger partial charge in [0, 0.05) is 25.2 Å². The average Bonchev–Trinajstić information content (AvgIpc) is 2.94. The summed E-state index contributed by atoms with van der Waals surface area (Å²) in [5, 5.41) is 2.48. The number of halogens is 3. The van der Waals surface area contributed by atoms with E-state index in [0.717, 1.165) is 37.8 Å². The van der Waals surface area contributed by atoms with Crippen LogP contribution in [0.4, 0.5) is 18.9 Å². The smallest absolute Gasteiger partial charge is 0.326 e. The maximum absolute atomic E-state index is 12.8. The molecule has 1 aliphatic heterocycles. The van der Waals surface area contributed by atoms with Crippen LogP contribution in [-0.2, 0) is 15.8 Å². The minimum atomic E-state index is -4.48. The highest BCUT2D eigenvalue weighted by molar-refractivity contribution is 8.15. The predicted molar refractivity (Wildman–Crippen MR) is 110 cm³/mol. The zero-order chi connectivity index (χ0) is 21.4. The number of unbranched alkanes of at least 4 members (excludes halogenated alkanes) is 2. The SMILES string of the molecule is CCCCN=C1SC(CC(=O)Nc2cccc(C(F)(F)F)c2)C(=O)N1CCCC. The topological polar surface area (TPSA) is 61.8 Å². The molecule has 9 heteroatoms. The number of aliphatic imine (C=N–C) groups is 1. The van der Waals surface area contributed by atoms with E-state index in [2.05, 4.69) is 17.2 Å². The molecule has 1 unspecified atom stereocenters. The summed E-state index contributed by atoms with van der Waals surface area (Å²) in [7, 11) is 0. The highest BCUT2D eigenvalue weighted by atomic mass is 32.2. The van der Waals surface area contributed by atoms with Crippen molar-refractivity contribution < 1.29 is 22.8 Å². The molecule has 1 N–H and O–H groups in total. The quantitative estimate of drug-likeness (QED) is 0.566. The van der Waals surface area contributed by atoms with Crippen molar-refractivity contribution in [2.75, 3.05) is 18.4 Å². The first-order valence-corrected chi connectivity index (χ1v) is 10.6. The fourth-order valence-electron chi connectivity index (χ4n) is 2.77. The number of carbonyl (C=O) groups is 2. The van der Waals surface area contributed by atoms with Gasteiger partial charge in [-0.3, -0.25) is 19.5 Å². The number of carbonyl (C=O) groups excluding carboxylic acids is 2. The molecule has 2 rings (SSSR count). The van der Waals surface area contributed by atoms with E-state index in [0.29, 0.717) is 18.3 Å². The van der Waals surface area contributed by atoms with Gasteiger partial charge >= 0.3 is 6.18 Å². The summed E-state index contributed by atoms with van der Waals surface area (Å²) in [6.07, 6.45) is -0.926. The van der Waals surface area contributed by atoms with Crippen molar-refractivity contribution in [1.82, 2.24) is 4.90 Å². The maximum atomic E-state index is 12.8. The van der Waals surface area contributed by atoms with Gasteiger partial charge in [-0.05, 0) is 31.0 Å². The molecule has 0 saturated carbocycles. The number of benzene rings is 1. The van der Waals surface area contributed by atoms with Crippen molar-refractivity contribution in [3.63, 3.8) is 0 Å². The molecule has 2 amide bonds. The molecule has 29 heavy (non-hydrogen) atoms. The lowest BCUT2D eigenvalue weighted by molar-refractivity contribution is -0.137. The molecular formula is C20H26F3N3O2S. The van der Waals surface area contributed by atoms with Gasteiger partial charge in [0.1, 0.15) is 5.25 Å². The Morgan fingerprint density at radius 2 is 1.97 bits per heavy atom. The van der Waals surface area contributed by atoms with Gasteiger partial charge in [-0.1, -0.05) is 44.5 Å². The van der Waals surface area contributed by atoms with Gasteiger partial charge in [0.2, 0.25) is 11.8 Å². The van der Waals surface area contributed by atoms with Crippen LogP contribution in [0.2, 0.25) is 0 Å². The molecule has 1 atom stereocenters. The molecule has 1 aliphatic rings.